The molecule has 1 atom stereocenters. The predicted molar refractivity (Wildman–Crippen MR) is 71.0 cm³/mol. The van der Waals surface area contributed by atoms with Crippen molar-refractivity contribution in [2.45, 2.75) is 52.1 Å². The molecule has 1 fully saturated rings. The van der Waals surface area contributed by atoms with Crippen molar-refractivity contribution in [3.63, 3.8) is 0 Å². The number of nitrogens with zero attached hydrogens (tertiary/aromatic N) is 1. The molecule has 1 aliphatic rings. The van der Waals surface area contributed by atoms with Gasteiger partial charge in [0.05, 0.1) is 6.54 Å². The number of carbonyl (C=O) groups is 1. The number of amides is 1. The zero-order valence-electron chi connectivity index (χ0n) is 11.7. The molecule has 0 bridgehead atoms. The summed E-state index contributed by atoms with van der Waals surface area (Å²) in [5, 5.41) is 6.32. The van der Waals surface area contributed by atoms with E-state index in [1.54, 1.807) is 0 Å². The highest BCUT2D eigenvalue weighted by atomic mass is 16.2. The van der Waals surface area contributed by atoms with E-state index < -0.39 is 0 Å². The first kappa shape index (κ1) is 14.5. The SMILES string of the molecule is CCN1CCCC(NC(=O)CNC(C)(C)C)C1. The third-order valence-electron chi connectivity index (χ3n) is 3.10. The fourth-order valence-corrected chi connectivity index (χ4v) is 2.08. The maximum Gasteiger partial charge on any atom is 0.234 e. The van der Waals surface area contributed by atoms with Gasteiger partial charge in [0.15, 0.2) is 0 Å². The minimum absolute atomic E-state index is 0.000636. The quantitative estimate of drug-likeness (QED) is 0.771. The lowest BCUT2D eigenvalue weighted by Gasteiger charge is -2.32. The van der Waals surface area contributed by atoms with E-state index >= 15 is 0 Å². The summed E-state index contributed by atoms with van der Waals surface area (Å²) in [6, 6.07) is 0.331. The Morgan fingerprint density at radius 1 is 1.41 bits per heavy atom. The van der Waals surface area contributed by atoms with Crippen molar-refractivity contribution in [2.24, 2.45) is 0 Å². The number of hydrogen-bond donors (Lipinski definition) is 2. The van der Waals surface area contributed by atoms with Crippen LogP contribution in [0.15, 0.2) is 0 Å². The summed E-state index contributed by atoms with van der Waals surface area (Å²) >= 11 is 0. The van der Waals surface area contributed by atoms with Crippen LogP contribution in [-0.4, -0.2) is 48.6 Å². The van der Waals surface area contributed by atoms with Crippen LogP contribution in [0.1, 0.15) is 40.5 Å². The second kappa shape index (κ2) is 6.36. The molecular formula is C13H27N3O. The molecule has 1 rings (SSSR count). The molecule has 0 saturated carbocycles. The van der Waals surface area contributed by atoms with Crippen molar-refractivity contribution < 1.29 is 4.79 Å². The zero-order valence-corrected chi connectivity index (χ0v) is 11.7. The van der Waals surface area contributed by atoms with Crippen LogP contribution in [0.4, 0.5) is 0 Å². The van der Waals surface area contributed by atoms with Crippen LogP contribution in [0.2, 0.25) is 0 Å². The third kappa shape index (κ3) is 6.03. The molecule has 1 saturated heterocycles. The maximum absolute atomic E-state index is 11.8. The Morgan fingerprint density at radius 3 is 2.71 bits per heavy atom. The van der Waals surface area contributed by atoms with Gasteiger partial charge in [-0.1, -0.05) is 6.92 Å². The maximum atomic E-state index is 11.8. The van der Waals surface area contributed by atoms with Crippen LogP contribution >= 0.6 is 0 Å². The van der Waals surface area contributed by atoms with E-state index in [2.05, 4.69) is 43.2 Å². The zero-order chi connectivity index (χ0) is 12.9. The summed E-state index contributed by atoms with van der Waals surface area (Å²) in [6.07, 6.45) is 2.29. The van der Waals surface area contributed by atoms with Crippen molar-refractivity contribution in [1.29, 1.82) is 0 Å². The Hall–Kier alpha value is -0.610. The van der Waals surface area contributed by atoms with Gasteiger partial charge < -0.3 is 15.5 Å². The van der Waals surface area contributed by atoms with Gasteiger partial charge in [0.2, 0.25) is 5.91 Å². The Labute approximate surface area is 105 Å². The number of rotatable bonds is 4. The molecule has 0 aromatic rings. The first-order valence-electron chi connectivity index (χ1n) is 6.67. The molecule has 0 aliphatic carbocycles. The largest absolute Gasteiger partial charge is 0.351 e. The molecule has 0 spiro atoms. The standard InChI is InChI=1S/C13H27N3O/c1-5-16-8-6-7-11(10-16)15-12(17)9-14-13(2,3)4/h11,14H,5-10H2,1-4H3,(H,15,17). The normalized spacial score (nSPS) is 22.5. The van der Waals surface area contributed by atoms with E-state index in [0.717, 1.165) is 19.5 Å². The molecule has 2 N–H and O–H groups in total. The Morgan fingerprint density at radius 2 is 2.12 bits per heavy atom. The highest BCUT2D eigenvalue weighted by Gasteiger charge is 2.20. The third-order valence-corrected chi connectivity index (χ3v) is 3.10. The van der Waals surface area contributed by atoms with Gasteiger partial charge in [0.1, 0.15) is 0 Å². The van der Waals surface area contributed by atoms with Gasteiger partial charge in [-0.15, -0.1) is 0 Å². The minimum Gasteiger partial charge on any atom is -0.351 e. The fourth-order valence-electron chi connectivity index (χ4n) is 2.08. The van der Waals surface area contributed by atoms with Crippen molar-refractivity contribution in [3.05, 3.63) is 0 Å². The number of hydrogen-bond acceptors (Lipinski definition) is 3. The summed E-state index contributed by atoms with van der Waals surface area (Å²) in [5.74, 6) is 0.114. The number of likely N-dealkylation sites (tertiary alicyclic amines) is 1. The average molecular weight is 241 g/mol. The van der Waals surface area contributed by atoms with Gasteiger partial charge in [-0.2, -0.15) is 0 Å². The first-order valence-corrected chi connectivity index (χ1v) is 6.67. The highest BCUT2D eigenvalue weighted by molar-refractivity contribution is 5.78. The molecule has 4 heteroatoms. The van der Waals surface area contributed by atoms with Gasteiger partial charge >= 0.3 is 0 Å². The first-order chi connectivity index (χ1) is 7.90. The molecule has 0 aromatic carbocycles. The highest BCUT2D eigenvalue weighted by Crippen LogP contribution is 2.09. The average Bonchev–Trinajstić information content (AvgIpc) is 2.26. The van der Waals surface area contributed by atoms with Crippen molar-refractivity contribution >= 4 is 5.91 Å². The van der Waals surface area contributed by atoms with Gasteiger partial charge in [0.25, 0.3) is 0 Å². The Bertz CT molecular complexity index is 248. The van der Waals surface area contributed by atoms with Crippen LogP contribution < -0.4 is 10.6 Å². The lowest BCUT2D eigenvalue weighted by molar-refractivity contribution is -0.121. The van der Waals surface area contributed by atoms with E-state index in [-0.39, 0.29) is 11.4 Å². The number of likely N-dealkylation sites (N-methyl/N-ethyl adjacent to an activating group) is 1. The van der Waals surface area contributed by atoms with Crippen LogP contribution in [0.25, 0.3) is 0 Å². The smallest absolute Gasteiger partial charge is 0.234 e. The molecule has 100 valence electrons. The topological polar surface area (TPSA) is 44.4 Å². The second-order valence-corrected chi connectivity index (χ2v) is 5.90. The molecule has 4 nitrogen and oxygen atoms in total. The monoisotopic (exact) mass is 241 g/mol. The molecule has 1 aliphatic heterocycles. The molecule has 1 unspecified atom stereocenters. The Balaban J connectivity index is 2.26. The van der Waals surface area contributed by atoms with Gasteiger partial charge in [0, 0.05) is 18.1 Å². The van der Waals surface area contributed by atoms with Crippen LogP contribution in [-0.2, 0) is 4.79 Å². The second-order valence-electron chi connectivity index (χ2n) is 5.90. The number of carbonyl (C=O) groups excluding carboxylic acids is 1. The summed E-state index contributed by atoms with van der Waals surface area (Å²) in [4.78, 5) is 14.2. The lowest BCUT2D eigenvalue weighted by atomic mass is 10.1. The predicted octanol–water partition coefficient (Wildman–Crippen LogP) is 0.975. The number of nitrogens with one attached hydrogen (secondary N) is 2. The van der Waals surface area contributed by atoms with E-state index in [0.29, 0.717) is 12.6 Å². The molecular weight excluding hydrogens is 214 g/mol. The minimum atomic E-state index is -0.000636. The summed E-state index contributed by atoms with van der Waals surface area (Å²) < 4.78 is 0. The van der Waals surface area contributed by atoms with E-state index in [1.807, 2.05) is 0 Å². The van der Waals surface area contributed by atoms with Gasteiger partial charge in [-0.25, -0.2) is 0 Å². The van der Waals surface area contributed by atoms with Crippen molar-refractivity contribution in [3.8, 4) is 0 Å². The van der Waals surface area contributed by atoms with E-state index in [1.165, 1.54) is 13.0 Å². The lowest BCUT2D eigenvalue weighted by Crippen LogP contribution is -2.51. The molecule has 1 heterocycles. The van der Waals surface area contributed by atoms with Crippen LogP contribution in [0, 0.1) is 0 Å². The molecule has 17 heavy (non-hydrogen) atoms. The number of piperidine rings is 1. The van der Waals surface area contributed by atoms with E-state index in [4.69, 9.17) is 0 Å². The molecule has 1 amide bonds. The van der Waals surface area contributed by atoms with Crippen LogP contribution in [0.5, 0.6) is 0 Å². The summed E-state index contributed by atoms with van der Waals surface area (Å²) in [5.41, 5.74) is -0.000636. The summed E-state index contributed by atoms with van der Waals surface area (Å²) in [7, 11) is 0. The van der Waals surface area contributed by atoms with Crippen molar-refractivity contribution in [2.75, 3.05) is 26.2 Å². The fraction of sp³-hybridized carbons (Fsp3) is 0.923. The van der Waals surface area contributed by atoms with Crippen LogP contribution in [0.3, 0.4) is 0 Å². The van der Waals surface area contributed by atoms with Crippen molar-refractivity contribution in [1.82, 2.24) is 15.5 Å². The molecule has 0 aromatic heterocycles. The van der Waals surface area contributed by atoms with Gasteiger partial charge in [-0.05, 0) is 46.7 Å². The Kier molecular flexibility index (Phi) is 5.40. The van der Waals surface area contributed by atoms with Gasteiger partial charge in [-0.3, -0.25) is 4.79 Å². The molecule has 0 radical (unpaired) electrons. The summed E-state index contributed by atoms with van der Waals surface area (Å²) in [6.45, 7) is 12.0. The van der Waals surface area contributed by atoms with E-state index in [9.17, 15) is 4.79 Å².